The van der Waals surface area contributed by atoms with Crippen LogP contribution in [-0.2, 0) is 0 Å². The molecule has 2 aromatic rings. The van der Waals surface area contributed by atoms with Gasteiger partial charge in [0.05, 0.1) is 18.1 Å². The molecule has 0 unspecified atom stereocenters. The van der Waals surface area contributed by atoms with E-state index in [0.29, 0.717) is 18.9 Å². The van der Waals surface area contributed by atoms with Crippen LogP contribution in [0, 0.1) is 28.6 Å². The number of rotatable bonds is 5. The fourth-order valence-electron chi connectivity index (χ4n) is 3.16. The first-order valence-corrected chi connectivity index (χ1v) is 8.14. The summed E-state index contributed by atoms with van der Waals surface area (Å²) < 4.78 is 1.68. The van der Waals surface area contributed by atoms with E-state index in [-0.39, 0.29) is 5.92 Å². The fraction of sp³-hybridized carbons (Fsp3) is 0.562. The number of hydrogen-bond donors (Lipinski definition) is 0. The van der Waals surface area contributed by atoms with E-state index in [1.807, 2.05) is 12.1 Å². The van der Waals surface area contributed by atoms with Crippen molar-refractivity contribution >= 4 is 11.5 Å². The van der Waals surface area contributed by atoms with Crippen LogP contribution < -0.4 is 4.90 Å². The molecule has 3 heterocycles. The van der Waals surface area contributed by atoms with Crippen molar-refractivity contribution < 1.29 is 0 Å². The lowest BCUT2D eigenvalue weighted by Crippen LogP contribution is -2.53. The van der Waals surface area contributed by atoms with Gasteiger partial charge >= 0.3 is 0 Å². The monoisotopic (exact) mass is 324 g/mol. The fourth-order valence-corrected chi connectivity index (χ4v) is 3.16. The summed E-state index contributed by atoms with van der Waals surface area (Å²) in [5.41, 5.74) is 0.736. The quantitative estimate of drug-likeness (QED) is 0.811. The largest absolute Gasteiger partial charge is 0.350 e. The van der Waals surface area contributed by atoms with Gasteiger partial charge in [0.1, 0.15) is 12.1 Å². The van der Waals surface area contributed by atoms with Gasteiger partial charge in [-0.15, -0.1) is 15.3 Å². The molecular weight excluding hydrogens is 304 g/mol. The number of aromatic nitrogens is 4. The lowest BCUT2D eigenvalue weighted by atomic mass is 10.0. The average Bonchev–Trinajstić information content (AvgIpc) is 3.06. The Morgan fingerprint density at radius 3 is 2.96 bits per heavy atom. The summed E-state index contributed by atoms with van der Waals surface area (Å²) in [6.45, 7) is 5.52. The van der Waals surface area contributed by atoms with E-state index in [0.717, 1.165) is 37.6 Å². The van der Waals surface area contributed by atoms with Gasteiger partial charge in [-0.3, -0.25) is 4.90 Å². The summed E-state index contributed by atoms with van der Waals surface area (Å²) in [4.78, 5) is 4.58. The van der Waals surface area contributed by atoms with Gasteiger partial charge in [0, 0.05) is 38.6 Å². The number of piperazine rings is 1. The lowest BCUT2D eigenvalue weighted by Gasteiger charge is -2.41. The Balaban J connectivity index is 1.62. The molecule has 0 amide bonds. The van der Waals surface area contributed by atoms with Crippen LogP contribution in [-0.4, -0.2) is 56.9 Å². The summed E-state index contributed by atoms with van der Waals surface area (Å²) in [6, 6.07) is 8.64. The van der Waals surface area contributed by atoms with Crippen LogP contribution in [0.2, 0.25) is 0 Å². The number of hydrogen-bond acceptors (Lipinski definition) is 7. The van der Waals surface area contributed by atoms with E-state index in [4.69, 9.17) is 5.26 Å². The standard InChI is InChI=1S/C16H20N8/c1-13-10-22(11-14(9-18)3-2-6-17)7-8-23(13)16-5-4-15-20-19-12-24(15)21-16/h4-5,12-14H,2-3,7-8,10-11H2,1H3/t13-,14+/m0/s1. The predicted molar refractivity (Wildman–Crippen MR) is 88.0 cm³/mol. The highest BCUT2D eigenvalue weighted by Gasteiger charge is 2.26. The van der Waals surface area contributed by atoms with Crippen molar-refractivity contribution in [3.8, 4) is 12.1 Å². The topological polar surface area (TPSA) is 97.1 Å². The molecular formula is C16H20N8. The van der Waals surface area contributed by atoms with Gasteiger partial charge in [-0.25, -0.2) is 0 Å². The van der Waals surface area contributed by atoms with E-state index < -0.39 is 0 Å². The lowest BCUT2D eigenvalue weighted by molar-refractivity contribution is 0.207. The average molecular weight is 324 g/mol. The maximum atomic E-state index is 9.24. The van der Waals surface area contributed by atoms with Crippen molar-refractivity contribution in [2.75, 3.05) is 31.1 Å². The van der Waals surface area contributed by atoms with Crippen molar-refractivity contribution in [3.05, 3.63) is 18.5 Å². The van der Waals surface area contributed by atoms with Crippen LogP contribution in [0.5, 0.6) is 0 Å². The smallest absolute Gasteiger partial charge is 0.177 e. The minimum atomic E-state index is -0.0742. The first-order valence-electron chi connectivity index (χ1n) is 8.14. The second-order valence-electron chi connectivity index (χ2n) is 6.15. The maximum Gasteiger partial charge on any atom is 0.177 e. The van der Waals surface area contributed by atoms with Gasteiger partial charge in [0.15, 0.2) is 5.65 Å². The minimum absolute atomic E-state index is 0.0742. The number of nitriles is 2. The minimum Gasteiger partial charge on any atom is -0.350 e. The molecule has 0 bridgehead atoms. The predicted octanol–water partition coefficient (Wildman–Crippen LogP) is 1.08. The molecule has 1 aliphatic rings. The van der Waals surface area contributed by atoms with Crippen molar-refractivity contribution in [1.82, 2.24) is 24.7 Å². The zero-order chi connectivity index (χ0) is 16.9. The van der Waals surface area contributed by atoms with Crippen LogP contribution in [0.1, 0.15) is 19.8 Å². The molecule has 2 aromatic heterocycles. The molecule has 1 saturated heterocycles. The molecule has 24 heavy (non-hydrogen) atoms. The zero-order valence-electron chi connectivity index (χ0n) is 13.7. The molecule has 0 aliphatic carbocycles. The molecule has 124 valence electrons. The Hall–Kier alpha value is -2.71. The van der Waals surface area contributed by atoms with Crippen molar-refractivity contribution in [2.45, 2.75) is 25.8 Å². The van der Waals surface area contributed by atoms with E-state index in [1.165, 1.54) is 0 Å². The van der Waals surface area contributed by atoms with Gasteiger partial charge < -0.3 is 4.90 Å². The van der Waals surface area contributed by atoms with Crippen molar-refractivity contribution in [3.63, 3.8) is 0 Å². The van der Waals surface area contributed by atoms with Crippen LogP contribution in [0.15, 0.2) is 18.5 Å². The Morgan fingerprint density at radius 2 is 2.21 bits per heavy atom. The van der Waals surface area contributed by atoms with E-state index in [9.17, 15) is 5.26 Å². The second-order valence-corrected chi connectivity index (χ2v) is 6.15. The molecule has 1 aliphatic heterocycles. The van der Waals surface area contributed by atoms with Crippen LogP contribution in [0.3, 0.4) is 0 Å². The highest BCUT2D eigenvalue weighted by Crippen LogP contribution is 2.19. The molecule has 2 atom stereocenters. The van der Waals surface area contributed by atoms with E-state index in [2.05, 4.69) is 44.2 Å². The van der Waals surface area contributed by atoms with Gasteiger partial charge in [-0.05, 0) is 25.5 Å². The van der Waals surface area contributed by atoms with E-state index in [1.54, 1.807) is 10.8 Å². The van der Waals surface area contributed by atoms with Crippen LogP contribution in [0.4, 0.5) is 5.82 Å². The summed E-state index contributed by atoms with van der Waals surface area (Å²) in [6.07, 6.45) is 2.69. The molecule has 8 heteroatoms. The van der Waals surface area contributed by atoms with E-state index >= 15 is 0 Å². The Morgan fingerprint density at radius 1 is 1.33 bits per heavy atom. The van der Waals surface area contributed by atoms with Gasteiger partial charge in [-0.1, -0.05) is 0 Å². The third-order valence-electron chi connectivity index (χ3n) is 4.42. The third-order valence-corrected chi connectivity index (χ3v) is 4.42. The highest BCUT2D eigenvalue weighted by atomic mass is 15.4. The van der Waals surface area contributed by atoms with Gasteiger partial charge in [0.2, 0.25) is 0 Å². The molecule has 0 radical (unpaired) electrons. The molecule has 0 spiro atoms. The summed E-state index contributed by atoms with van der Waals surface area (Å²) in [7, 11) is 0. The Labute approximate surface area is 140 Å². The summed E-state index contributed by atoms with van der Waals surface area (Å²) in [5, 5.41) is 30.3. The van der Waals surface area contributed by atoms with Gasteiger partial charge in [0.25, 0.3) is 0 Å². The third kappa shape index (κ3) is 3.44. The second kappa shape index (κ2) is 7.24. The number of fused-ring (bicyclic) bond motifs is 1. The van der Waals surface area contributed by atoms with Crippen molar-refractivity contribution in [1.29, 1.82) is 10.5 Å². The molecule has 0 N–H and O–H groups in total. The SMILES string of the molecule is C[C@H]1CN(C[C@@H](C#N)CCC#N)CCN1c1ccc2nncn2n1. The first-order chi connectivity index (χ1) is 11.7. The first kappa shape index (κ1) is 16.2. The summed E-state index contributed by atoms with van der Waals surface area (Å²) >= 11 is 0. The van der Waals surface area contributed by atoms with Crippen LogP contribution in [0.25, 0.3) is 5.65 Å². The Bertz CT molecular complexity index is 770. The molecule has 8 nitrogen and oxygen atoms in total. The van der Waals surface area contributed by atoms with Crippen molar-refractivity contribution in [2.24, 2.45) is 5.92 Å². The number of nitrogens with zero attached hydrogens (tertiary/aromatic N) is 8. The highest BCUT2D eigenvalue weighted by molar-refractivity contribution is 5.46. The molecule has 0 saturated carbocycles. The molecule has 3 rings (SSSR count). The molecule has 1 fully saturated rings. The maximum absolute atomic E-state index is 9.24. The normalized spacial score (nSPS) is 19.8. The van der Waals surface area contributed by atoms with Crippen LogP contribution >= 0.6 is 0 Å². The molecule has 0 aromatic carbocycles. The Kier molecular flexibility index (Phi) is 4.88. The number of anilines is 1. The van der Waals surface area contributed by atoms with Gasteiger partial charge in [-0.2, -0.15) is 15.0 Å². The summed E-state index contributed by atoms with van der Waals surface area (Å²) in [5.74, 6) is 0.839. The zero-order valence-corrected chi connectivity index (χ0v) is 13.7.